The van der Waals surface area contributed by atoms with Crippen LogP contribution in [-0.2, 0) is 10.0 Å². The molecule has 0 aromatic heterocycles. The smallest absolute Gasteiger partial charge is 0.261 e. The number of rotatable bonds is 5. The summed E-state index contributed by atoms with van der Waals surface area (Å²) in [5.41, 5.74) is -0.0629. The highest BCUT2D eigenvalue weighted by molar-refractivity contribution is 7.92. The monoisotopic (exact) mass is 422 g/mol. The zero-order valence-electron chi connectivity index (χ0n) is 14.1. The van der Waals surface area contributed by atoms with E-state index in [1.54, 1.807) is 12.1 Å². The number of anilines is 2. The van der Waals surface area contributed by atoms with Crippen molar-refractivity contribution in [1.82, 2.24) is 0 Å². The van der Waals surface area contributed by atoms with Crippen molar-refractivity contribution in [3.63, 3.8) is 0 Å². The maximum absolute atomic E-state index is 13.7. The summed E-state index contributed by atoms with van der Waals surface area (Å²) in [5.74, 6) is -2.48. The first-order valence-corrected chi connectivity index (χ1v) is 9.76. The molecule has 0 saturated carbocycles. The number of carbonyl (C=O) groups is 1. The van der Waals surface area contributed by atoms with Crippen LogP contribution in [0.5, 0.6) is 0 Å². The van der Waals surface area contributed by atoms with Crippen molar-refractivity contribution in [2.75, 3.05) is 10.0 Å². The van der Waals surface area contributed by atoms with Gasteiger partial charge in [-0.2, -0.15) is 0 Å². The third-order valence-corrected chi connectivity index (χ3v) is 5.40. The van der Waals surface area contributed by atoms with Crippen LogP contribution >= 0.6 is 11.6 Å². The van der Waals surface area contributed by atoms with Gasteiger partial charge in [0.2, 0.25) is 0 Å². The molecule has 0 aliphatic rings. The molecule has 0 unspecified atom stereocenters. The number of hydrogen-bond acceptors (Lipinski definition) is 3. The fourth-order valence-corrected chi connectivity index (χ4v) is 3.70. The predicted molar refractivity (Wildman–Crippen MR) is 103 cm³/mol. The van der Waals surface area contributed by atoms with Gasteiger partial charge in [-0.25, -0.2) is 17.2 Å². The van der Waals surface area contributed by atoms with Crippen LogP contribution in [0.1, 0.15) is 10.4 Å². The lowest BCUT2D eigenvalue weighted by Gasteiger charge is -2.11. The van der Waals surface area contributed by atoms with E-state index in [2.05, 4.69) is 10.0 Å². The van der Waals surface area contributed by atoms with Crippen molar-refractivity contribution < 1.29 is 22.0 Å². The fraction of sp³-hybridized carbons (Fsp3) is 0. The highest BCUT2D eigenvalue weighted by Crippen LogP contribution is 2.24. The largest absolute Gasteiger partial charge is 0.319 e. The van der Waals surface area contributed by atoms with Crippen molar-refractivity contribution >= 4 is 38.9 Å². The van der Waals surface area contributed by atoms with Crippen molar-refractivity contribution in [2.45, 2.75) is 4.90 Å². The van der Waals surface area contributed by atoms with Crippen molar-refractivity contribution in [3.8, 4) is 0 Å². The van der Waals surface area contributed by atoms with E-state index in [1.165, 1.54) is 30.3 Å². The summed E-state index contributed by atoms with van der Waals surface area (Å²) in [7, 11) is -4.02. The summed E-state index contributed by atoms with van der Waals surface area (Å²) in [5, 5.41) is 2.49. The summed E-state index contributed by atoms with van der Waals surface area (Å²) in [6.07, 6.45) is 0. The number of carbonyl (C=O) groups excluding carboxylic acids is 1. The van der Waals surface area contributed by atoms with Crippen LogP contribution in [0.4, 0.5) is 20.2 Å². The van der Waals surface area contributed by atoms with Crippen LogP contribution in [0.15, 0.2) is 71.6 Å². The van der Waals surface area contributed by atoms with Gasteiger partial charge in [-0.1, -0.05) is 29.8 Å². The van der Waals surface area contributed by atoms with E-state index in [9.17, 15) is 22.0 Å². The number of benzene rings is 3. The molecule has 0 bridgehead atoms. The molecule has 0 aliphatic carbocycles. The lowest BCUT2D eigenvalue weighted by molar-refractivity contribution is 0.102. The van der Waals surface area contributed by atoms with Crippen LogP contribution < -0.4 is 10.0 Å². The van der Waals surface area contributed by atoms with E-state index in [0.29, 0.717) is 6.07 Å². The third kappa shape index (κ3) is 4.47. The number of nitrogens with one attached hydrogen (secondary N) is 2. The Hall–Kier alpha value is -2.97. The first-order chi connectivity index (χ1) is 13.3. The second kappa shape index (κ2) is 7.95. The second-order valence-electron chi connectivity index (χ2n) is 5.69. The van der Waals surface area contributed by atoms with Gasteiger partial charge in [0.05, 0.1) is 21.3 Å². The third-order valence-electron chi connectivity index (χ3n) is 3.70. The Bertz CT molecular complexity index is 1150. The maximum Gasteiger partial charge on any atom is 0.261 e. The molecule has 5 nitrogen and oxygen atoms in total. The van der Waals surface area contributed by atoms with Gasteiger partial charge < -0.3 is 5.32 Å². The zero-order chi connectivity index (χ0) is 20.3. The lowest BCUT2D eigenvalue weighted by atomic mass is 10.2. The molecule has 0 heterocycles. The van der Waals surface area contributed by atoms with Crippen LogP contribution in [-0.4, -0.2) is 14.3 Å². The van der Waals surface area contributed by atoms with E-state index >= 15 is 0 Å². The van der Waals surface area contributed by atoms with Crippen LogP contribution in [0, 0.1) is 11.6 Å². The number of halogens is 3. The van der Waals surface area contributed by atoms with Gasteiger partial charge in [-0.05, 0) is 42.5 Å². The van der Waals surface area contributed by atoms with E-state index in [-0.39, 0.29) is 26.9 Å². The normalized spacial score (nSPS) is 11.1. The molecule has 0 spiro atoms. The summed E-state index contributed by atoms with van der Waals surface area (Å²) < 4.78 is 54.2. The number of hydrogen-bond donors (Lipinski definition) is 2. The van der Waals surface area contributed by atoms with Gasteiger partial charge in [0.15, 0.2) is 0 Å². The van der Waals surface area contributed by atoms with E-state index < -0.39 is 27.6 Å². The first kappa shape index (κ1) is 19.8. The van der Waals surface area contributed by atoms with Gasteiger partial charge in [-0.15, -0.1) is 0 Å². The molecule has 0 atom stereocenters. The second-order valence-corrected chi connectivity index (χ2v) is 7.78. The Morgan fingerprint density at radius 1 is 0.893 bits per heavy atom. The van der Waals surface area contributed by atoms with Crippen molar-refractivity contribution in [3.05, 3.63) is 89.0 Å². The Balaban J connectivity index is 1.85. The van der Waals surface area contributed by atoms with Crippen LogP contribution in [0.2, 0.25) is 5.02 Å². The standard InChI is InChI=1S/C19H13ClF2N2O3S/c20-15-6-1-2-7-17(15)24-28(26,27)14-5-3-4-12(10-14)19(25)23-18-9-8-13(21)11-16(18)22/h1-11,24H,(H,23,25). The number of amides is 1. The molecule has 3 aromatic carbocycles. The molecule has 0 radical (unpaired) electrons. The molecule has 28 heavy (non-hydrogen) atoms. The molecule has 2 N–H and O–H groups in total. The van der Waals surface area contributed by atoms with E-state index in [0.717, 1.165) is 18.2 Å². The van der Waals surface area contributed by atoms with E-state index in [4.69, 9.17) is 11.6 Å². The van der Waals surface area contributed by atoms with Gasteiger partial charge in [-0.3, -0.25) is 9.52 Å². The van der Waals surface area contributed by atoms with Gasteiger partial charge in [0, 0.05) is 11.6 Å². The average Bonchev–Trinajstić information content (AvgIpc) is 2.66. The zero-order valence-corrected chi connectivity index (χ0v) is 15.7. The summed E-state index contributed by atoms with van der Waals surface area (Å²) in [6.45, 7) is 0. The Kier molecular flexibility index (Phi) is 5.62. The summed E-state index contributed by atoms with van der Waals surface area (Å²) >= 11 is 5.96. The minimum atomic E-state index is -4.02. The van der Waals surface area contributed by atoms with Gasteiger partial charge in [0.1, 0.15) is 11.6 Å². The minimum Gasteiger partial charge on any atom is -0.319 e. The average molecular weight is 423 g/mol. The quantitative estimate of drug-likeness (QED) is 0.627. The summed E-state index contributed by atoms with van der Waals surface area (Å²) in [4.78, 5) is 12.2. The molecule has 0 saturated heterocycles. The van der Waals surface area contributed by atoms with Crippen molar-refractivity contribution in [1.29, 1.82) is 0 Å². The number of sulfonamides is 1. The lowest BCUT2D eigenvalue weighted by Crippen LogP contribution is -2.16. The molecule has 144 valence electrons. The highest BCUT2D eigenvalue weighted by atomic mass is 35.5. The Labute approximate surface area is 165 Å². The molecule has 3 aromatic rings. The molecule has 0 aliphatic heterocycles. The Morgan fingerprint density at radius 2 is 1.64 bits per heavy atom. The van der Waals surface area contributed by atoms with Crippen LogP contribution in [0.3, 0.4) is 0 Å². The first-order valence-electron chi connectivity index (χ1n) is 7.90. The van der Waals surface area contributed by atoms with Crippen molar-refractivity contribution in [2.24, 2.45) is 0 Å². The number of para-hydroxylation sites is 1. The molecular formula is C19H13ClF2N2O3S. The molecule has 1 amide bonds. The molecular weight excluding hydrogens is 410 g/mol. The van der Waals surface area contributed by atoms with Crippen LogP contribution in [0.25, 0.3) is 0 Å². The minimum absolute atomic E-state index is 0.0224. The van der Waals surface area contributed by atoms with Gasteiger partial charge >= 0.3 is 0 Å². The summed E-state index contributed by atoms with van der Waals surface area (Å²) in [6, 6.07) is 14.2. The topological polar surface area (TPSA) is 75.3 Å². The van der Waals surface area contributed by atoms with E-state index in [1.807, 2.05) is 0 Å². The Morgan fingerprint density at radius 3 is 2.36 bits per heavy atom. The molecule has 0 fully saturated rings. The SMILES string of the molecule is O=C(Nc1ccc(F)cc1F)c1cccc(S(=O)(=O)Nc2ccccc2Cl)c1. The maximum atomic E-state index is 13.7. The predicted octanol–water partition coefficient (Wildman–Crippen LogP) is 4.67. The molecule has 9 heteroatoms. The van der Waals surface area contributed by atoms with Gasteiger partial charge in [0.25, 0.3) is 15.9 Å². The fourth-order valence-electron chi connectivity index (χ4n) is 2.34. The highest BCUT2D eigenvalue weighted by Gasteiger charge is 2.18. The molecule has 3 rings (SSSR count).